The Bertz CT molecular complexity index is 709. The average molecular weight is 291 g/mol. The van der Waals surface area contributed by atoms with Crippen LogP contribution in [0.3, 0.4) is 0 Å². The third-order valence-corrected chi connectivity index (χ3v) is 3.67. The fraction of sp³-hybridized carbons (Fsp3) is 0.167. The molecule has 2 rings (SSSR count). The monoisotopic (exact) mass is 291 g/mol. The highest BCUT2D eigenvalue weighted by Gasteiger charge is 2.12. The van der Waals surface area contributed by atoms with E-state index in [0.717, 1.165) is 6.32 Å². The minimum Gasteiger partial charge on any atom is -0.564 e. The number of rotatable bonds is 5. The van der Waals surface area contributed by atoms with Crippen molar-refractivity contribution in [1.82, 2.24) is 9.97 Å². The van der Waals surface area contributed by atoms with Gasteiger partial charge in [0.25, 0.3) is 10.0 Å². The number of hydrogen-bond donors (Lipinski definition) is 1. The first-order valence-corrected chi connectivity index (χ1v) is 7.59. The van der Waals surface area contributed by atoms with Crippen LogP contribution in [0.5, 0.6) is 5.75 Å². The predicted molar refractivity (Wildman–Crippen MR) is 76.0 cm³/mol. The van der Waals surface area contributed by atoms with E-state index < -0.39 is 10.0 Å². The summed E-state index contributed by atoms with van der Waals surface area (Å²) in [6.07, 6.45) is 3.92. The fourth-order valence-corrected chi connectivity index (χ4v) is 2.37. The summed E-state index contributed by atoms with van der Waals surface area (Å²) in [6.45, 7) is 2.00. The molecule has 20 heavy (non-hydrogen) atoms. The molecule has 1 heterocycles. The number of sulfonamides is 1. The summed E-state index contributed by atoms with van der Waals surface area (Å²) in [7, 11) is -3.18. The third kappa shape index (κ3) is 3.70. The zero-order chi connectivity index (χ0) is 14.4. The molecule has 104 valence electrons. The molecule has 0 spiro atoms. The molecule has 2 aromatic rings. The summed E-state index contributed by atoms with van der Waals surface area (Å²) >= 11 is 0. The highest BCUT2D eigenvalue weighted by Crippen LogP contribution is 2.17. The molecule has 0 radical (unpaired) electrons. The second-order valence-electron chi connectivity index (χ2n) is 3.99. The molecule has 6 nitrogen and oxygen atoms in total. The van der Waals surface area contributed by atoms with Crippen LogP contribution >= 0.6 is 0 Å². The van der Waals surface area contributed by atoms with Gasteiger partial charge in [-0.05, 0) is 36.7 Å². The molecule has 1 aromatic heterocycles. The molecule has 1 N–H and O–H groups in total. The van der Waals surface area contributed by atoms with Gasteiger partial charge in [0.05, 0.1) is 10.6 Å². The lowest BCUT2D eigenvalue weighted by Crippen LogP contribution is -2.14. The molecule has 0 aliphatic heterocycles. The molecule has 0 aliphatic rings. The molecule has 0 fully saturated rings. The van der Waals surface area contributed by atoms with E-state index in [9.17, 15) is 8.42 Å². The first kappa shape index (κ1) is 14.3. The Hall–Kier alpha value is -2.09. The first-order chi connectivity index (χ1) is 9.62. The summed E-state index contributed by atoms with van der Waals surface area (Å²) in [5, 5.41) is 0. The quantitative estimate of drug-likeness (QED) is 0.828. The molecule has 8 heteroatoms. The molecule has 0 aliphatic carbocycles. The topological polar surface area (TPSA) is 84.4 Å². The van der Waals surface area contributed by atoms with Crippen molar-refractivity contribution >= 4 is 17.5 Å². The zero-order valence-corrected chi connectivity index (χ0v) is 11.8. The van der Waals surface area contributed by atoms with Crippen molar-refractivity contribution < 1.29 is 13.1 Å². The van der Waals surface area contributed by atoms with Crippen LogP contribution in [-0.2, 0) is 10.0 Å². The van der Waals surface area contributed by atoms with E-state index in [4.69, 9.17) is 4.65 Å². The second-order valence-corrected chi connectivity index (χ2v) is 5.60. The number of benzene rings is 1. The van der Waals surface area contributed by atoms with Gasteiger partial charge in [-0.2, -0.15) is 8.42 Å². The lowest BCUT2D eigenvalue weighted by molar-refractivity contribution is 0.589. The molecule has 0 unspecified atom stereocenters. The van der Waals surface area contributed by atoms with Crippen LogP contribution < -0.4 is 10.3 Å². The highest BCUT2D eigenvalue weighted by atomic mass is 32.2. The van der Waals surface area contributed by atoms with Crippen molar-refractivity contribution in [2.24, 2.45) is 4.40 Å². The third-order valence-electron chi connectivity index (χ3n) is 2.39. The predicted octanol–water partition coefficient (Wildman–Crippen LogP) is 0.868. The van der Waals surface area contributed by atoms with Gasteiger partial charge in [0.15, 0.2) is 0 Å². The highest BCUT2D eigenvalue weighted by molar-refractivity contribution is 7.90. The maximum absolute atomic E-state index is 12.1. The van der Waals surface area contributed by atoms with E-state index in [-0.39, 0.29) is 10.5 Å². The smallest absolute Gasteiger partial charge is 0.339 e. The van der Waals surface area contributed by atoms with E-state index in [1.807, 2.05) is 6.92 Å². The standard InChI is InChI=1S/C12H14BN3O3S/c1-2-13-19-10-4-6-11(7-5-10)20(17,18)16-12-14-8-3-9-15-12/h3-9,13H,2H2,1H3,(H,14,15,16). The van der Waals surface area contributed by atoms with Crippen molar-refractivity contribution in [3.63, 3.8) is 0 Å². The lowest BCUT2D eigenvalue weighted by Gasteiger charge is -2.04. The Morgan fingerprint density at radius 2 is 2.10 bits per heavy atom. The summed E-state index contributed by atoms with van der Waals surface area (Å²) < 4.78 is 33.1. The number of H-pyrrole nitrogens is 1. The first-order valence-electron chi connectivity index (χ1n) is 6.15. The summed E-state index contributed by atoms with van der Waals surface area (Å²) in [6, 6.07) is 7.80. The Labute approximate surface area is 117 Å². The van der Waals surface area contributed by atoms with Crippen molar-refractivity contribution in [3.8, 4) is 5.75 Å². The Morgan fingerprint density at radius 1 is 1.35 bits per heavy atom. The van der Waals surface area contributed by atoms with Gasteiger partial charge in [-0.15, -0.1) is 4.40 Å². The molecule has 0 saturated heterocycles. The number of aromatic amines is 1. The average Bonchev–Trinajstić information content (AvgIpc) is 2.46. The number of aromatic nitrogens is 2. The zero-order valence-electron chi connectivity index (χ0n) is 11.0. The largest absolute Gasteiger partial charge is 0.564 e. The van der Waals surface area contributed by atoms with E-state index >= 15 is 0 Å². The summed E-state index contributed by atoms with van der Waals surface area (Å²) in [5.41, 5.74) is 0.0406. The van der Waals surface area contributed by atoms with Gasteiger partial charge in [-0.1, -0.05) is 6.92 Å². The summed E-state index contributed by atoms with van der Waals surface area (Å²) in [5.74, 6) is 0.634. The molecule has 0 amide bonds. The van der Waals surface area contributed by atoms with Crippen LogP contribution in [0.2, 0.25) is 6.32 Å². The molecule has 0 atom stereocenters. The maximum Gasteiger partial charge on any atom is 0.339 e. The van der Waals surface area contributed by atoms with Crippen molar-refractivity contribution in [3.05, 3.63) is 48.3 Å². The SMILES string of the molecule is CCBOc1ccc(S(=O)(=O)/N=c2/nccc[nH]2)cc1. The Balaban J connectivity index is 2.27. The van der Waals surface area contributed by atoms with Gasteiger partial charge in [-0.3, -0.25) is 0 Å². The van der Waals surface area contributed by atoms with Gasteiger partial charge in [0.1, 0.15) is 0 Å². The molecule has 0 bridgehead atoms. The van der Waals surface area contributed by atoms with Crippen LogP contribution in [0.4, 0.5) is 0 Å². The minimum absolute atomic E-state index is 0.0406. The van der Waals surface area contributed by atoms with Crippen molar-refractivity contribution in [1.29, 1.82) is 0 Å². The van der Waals surface area contributed by atoms with Gasteiger partial charge < -0.3 is 9.64 Å². The van der Waals surface area contributed by atoms with Gasteiger partial charge in [0.2, 0.25) is 5.62 Å². The van der Waals surface area contributed by atoms with Gasteiger partial charge >= 0.3 is 7.48 Å². The van der Waals surface area contributed by atoms with E-state index in [1.54, 1.807) is 24.4 Å². The molecular formula is C12H14BN3O3S. The fourth-order valence-electron chi connectivity index (χ4n) is 1.46. The minimum atomic E-state index is -3.77. The molecular weight excluding hydrogens is 277 g/mol. The maximum atomic E-state index is 12.1. The van der Waals surface area contributed by atoms with Crippen molar-refractivity contribution in [2.45, 2.75) is 18.1 Å². The van der Waals surface area contributed by atoms with Crippen LogP contribution in [0, 0.1) is 0 Å². The van der Waals surface area contributed by atoms with E-state index in [2.05, 4.69) is 14.4 Å². The number of nitrogens with one attached hydrogen (secondary N) is 1. The van der Waals surface area contributed by atoms with E-state index in [0.29, 0.717) is 13.2 Å². The molecule has 0 saturated carbocycles. The Kier molecular flexibility index (Phi) is 4.57. The number of hydrogen-bond acceptors (Lipinski definition) is 4. The van der Waals surface area contributed by atoms with Crippen LogP contribution in [0.15, 0.2) is 52.0 Å². The molecule has 1 aromatic carbocycles. The van der Waals surface area contributed by atoms with Crippen LogP contribution in [-0.4, -0.2) is 25.9 Å². The normalized spacial score (nSPS) is 12.2. The lowest BCUT2D eigenvalue weighted by atomic mass is 9.97. The Morgan fingerprint density at radius 3 is 2.70 bits per heavy atom. The van der Waals surface area contributed by atoms with E-state index in [1.165, 1.54) is 18.3 Å². The van der Waals surface area contributed by atoms with Gasteiger partial charge in [-0.25, -0.2) is 4.98 Å². The number of nitrogens with zero attached hydrogens (tertiary/aromatic N) is 2. The van der Waals surface area contributed by atoms with Crippen LogP contribution in [0.25, 0.3) is 0 Å². The second kappa shape index (κ2) is 6.38. The van der Waals surface area contributed by atoms with Gasteiger partial charge in [0, 0.05) is 12.4 Å². The summed E-state index contributed by atoms with van der Waals surface area (Å²) in [4.78, 5) is 6.57. The van der Waals surface area contributed by atoms with Crippen LogP contribution in [0.1, 0.15) is 6.92 Å². The van der Waals surface area contributed by atoms with Crippen molar-refractivity contribution in [2.75, 3.05) is 0 Å².